The summed E-state index contributed by atoms with van der Waals surface area (Å²) in [5.74, 6) is -1.05. The van der Waals surface area contributed by atoms with Gasteiger partial charge >= 0.3 is 0 Å². The molecule has 0 unspecified atom stereocenters. The minimum absolute atomic E-state index is 0.0410. The molecule has 0 saturated heterocycles. The fourth-order valence-electron chi connectivity index (χ4n) is 3.84. The molecule has 2 atom stereocenters. The van der Waals surface area contributed by atoms with Crippen molar-refractivity contribution in [1.82, 2.24) is 24.5 Å². The van der Waals surface area contributed by atoms with Crippen LogP contribution in [0, 0.1) is 17.6 Å². The molecule has 0 saturated carbocycles. The van der Waals surface area contributed by atoms with Crippen LogP contribution in [0.2, 0.25) is 0 Å². The standard InChI is InChI=1S/C23H26F2N6O/c1-15(2)10-27-19-5-7-22-17(8-19)11-28-31(22)16(3)23(32,12-30-14-26-13-29-30)20-6-4-18(24)9-21(20)25/h4-9,11,13-16,27,32H,10,12H2,1-3H3/t16-,23-/m1/s1. The molecule has 0 amide bonds. The maximum Gasteiger partial charge on any atom is 0.137 e. The number of anilines is 1. The Morgan fingerprint density at radius 3 is 2.59 bits per heavy atom. The van der Waals surface area contributed by atoms with E-state index < -0.39 is 23.3 Å². The summed E-state index contributed by atoms with van der Waals surface area (Å²) in [6.07, 6.45) is 4.48. The lowest BCUT2D eigenvalue weighted by atomic mass is 9.86. The zero-order valence-corrected chi connectivity index (χ0v) is 18.2. The van der Waals surface area contributed by atoms with Gasteiger partial charge in [-0.15, -0.1) is 0 Å². The molecule has 0 aliphatic rings. The van der Waals surface area contributed by atoms with Crippen LogP contribution in [-0.4, -0.2) is 36.2 Å². The Labute approximate surface area is 184 Å². The highest BCUT2D eigenvalue weighted by atomic mass is 19.1. The van der Waals surface area contributed by atoms with Crippen LogP contribution in [0.3, 0.4) is 0 Å². The van der Waals surface area contributed by atoms with Crippen LogP contribution in [0.4, 0.5) is 14.5 Å². The van der Waals surface area contributed by atoms with Crippen LogP contribution in [0.1, 0.15) is 32.4 Å². The lowest BCUT2D eigenvalue weighted by Gasteiger charge is -2.35. The van der Waals surface area contributed by atoms with E-state index >= 15 is 0 Å². The Morgan fingerprint density at radius 1 is 1.09 bits per heavy atom. The van der Waals surface area contributed by atoms with Gasteiger partial charge in [-0.3, -0.25) is 4.68 Å². The second-order valence-electron chi connectivity index (χ2n) is 8.45. The molecule has 0 fully saturated rings. The molecule has 2 aromatic carbocycles. The van der Waals surface area contributed by atoms with E-state index in [1.807, 2.05) is 18.2 Å². The molecule has 4 rings (SSSR count). The number of fused-ring (bicyclic) bond motifs is 1. The monoisotopic (exact) mass is 440 g/mol. The highest BCUT2D eigenvalue weighted by Gasteiger charge is 2.41. The van der Waals surface area contributed by atoms with Crippen LogP contribution in [0.5, 0.6) is 0 Å². The molecule has 2 heterocycles. The van der Waals surface area contributed by atoms with Gasteiger partial charge in [-0.25, -0.2) is 18.4 Å². The molecule has 0 spiro atoms. The van der Waals surface area contributed by atoms with Crippen molar-refractivity contribution >= 4 is 16.6 Å². The van der Waals surface area contributed by atoms with Gasteiger partial charge in [0.1, 0.15) is 29.9 Å². The van der Waals surface area contributed by atoms with Gasteiger partial charge in [0.15, 0.2) is 0 Å². The van der Waals surface area contributed by atoms with E-state index in [0.29, 0.717) is 5.92 Å². The van der Waals surface area contributed by atoms with Gasteiger partial charge in [0.05, 0.1) is 24.3 Å². The molecule has 0 aliphatic heterocycles. The topological polar surface area (TPSA) is 80.8 Å². The number of rotatable bonds is 8. The first kappa shape index (κ1) is 21.9. The number of aliphatic hydroxyl groups is 1. The van der Waals surface area contributed by atoms with Crippen molar-refractivity contribution in [3.05, 3.63) is 72.4 Å². The van der Waals surface area contributed by atoms with E-state index in [2.05, 4.69) is 34.3 Å². The summed E-state index contributed by atoms with van der Waals surface area (Å²) in [6, 6.07) is 8.30. The average molecular weight is 440 g/mol. The molecule has 7 nitrogen and oxygen atoms in total. The van der Waals surface area contributed by atoms with Gasteiger partial charge in [-0.2, -0.15) is 10.2 Å². The summed E-state index contributed by atoms with van der Waals surface area (Å²) in [4.78, 5) is 3.91. The Kier molecular flexibility index (Phi) is 5.92. The fourth-order valence-corrected chi connectivity index (χ4v) is 3.84. The van der Waals surface area contributed by atoms with Gasteiger partial charge in [0.25, 0.3) is 0 Å². The third kappa shape index (κ3) is 4.20. The van der Waals surface area contributed by atoms with E-state index in [-0.39, 0.29) is 12.1 Å². The first-order valence-corrected chi connectivity index (χ1v) is 10.5. The average Bonchev–Trinajstić information content (AvgIpc) is 3.40. The summed E-state index contributed by atoms with van der Waals surface area (Å²) in [5.41, 5.74) is -0.0623. The lowest BCUT2D eigenvalue weighted by Crippen LogP contribution is -2.41. The van der Waals surface area contributed by atoms with Crippen molar-refractivity contribution in [2.45, 2.75) is 39.0 Å². The van der Waals surface area contributed by atoms with E-state index in [1.54, 1.807) is 17.8 Å². The molecule has 2 aromatic heterocycles. The number of aromatic nitrogens is 5. The quantitative estimate of drug-likeness (QED) is 0.431. The Hall–Kier alpha value is -3.33. The highest BCUT2D eigenvalue weighted by Crippen LogP contribution is 2.38. The second-order valence-corrected chi connectivity index (χ2v) is 8.45. The lowest BCUT2D eigenvalue weighted by molar-refractivity contribution is -0.0354. The smallest absolute Gasteiger partial charge is 0.137 e. The Balaban J connectivity index is 1.75. The third-order valence-electron chi connectivity index (χ3n) is 5.64. The minimum atomic E-state index is -1.78. The molecule has 168 valence electrons. The molecule has 4 aromatic rings. The number of nitrogens with zero attached hydrogens (tertiary/aromatic N) is 5. The van der Waals surface area contributed by atoms with Gasteiger partial charge in [-0.05, 0) is 37.1 Å². The number of hydrogen-bond donors (Lipinski definition) is 2. The van der Waals surface area contributed by atoms with Gasteiger partial charge in [-0.1, -0.05) is 19.9 Å². The molecular formula is C23H26F2N6O. The maximum absolute atomic E-state index is 14.8. The number of halogens is 2. The normalized spacial score (nSPS) is 14.6. The largest absolute Gasteiger partial charge is 0.385 e. The first-order chi connectivity index (χ1) is 15.3. The number of hydrogen-bond acceptors (Lipinski definition) is 5. The number of nitrogens with one attached hydrogen (secondary N) is 1. The molecule has 32 heavy (non-hydrogen) atoms. The summed E-state index contributed by atoms with van der Waals surface area (Å²) in [5, 5.41) is 24.6. The van der Waals surface area contributed by atoms with Gasteiger partial charge < -0.3 is 10.4 Å². The van der Waals surface area contributed by atoms with Crippen molar-refractivity contribution in [1.29, 1.82) is 0 Å². The van der Waals surface area contributed by atoms with Crippen molar-refractivity contribution in [3.63, 3.8) is 0 Å². The molecule has 2 N–H and O–H groups in total. The second kappa shape index (κ2) is 8.66. The molecule has 0 bridgehead atoms. The van der Waals surface area contributed by atoms with Gasteiger partial charge in [0.2, 0.25) is 0 Å². The van der Waals surface area contributed by atoms with E-state index in [4.69, 9.17) is 0 Å². The fraction of sp³-hybridized carbons (Fsp3) is 0.348. The molecular weight excluding hydrogens is 414 g/mol. The van der Waals surface area contributed by atoms with Crippen LogP contribution >= 0.6 is 0 Å². The predicted molar refractivity (Wildman–Crippen MR) is 118 cm³/mol. The minimum Gasteiger partial charge on any atom is -0.385 e. The third-order valence-corrected chi connectivity index (χ3v) is 5.64. The Morgan fingerprint density at radius 2 is 1.91 bits per heavy atom. The summed E-state index contributed by atoms with van der Waals surface area (Å²) in [7, 11) is 0. The Bertz CT molecular complexity index is 1210. The van der Waals surface area contributed by atoms with Crippen LogP contribution in [0.15, 0.2) is 55.2 Å². The summed E-state index contributed by atoms with van der Waals surface area (Å²) < 4.78 is 31.5. The summed E-state index contributed by atoms with van der Waals surface area (Å²) >= 11 is 0. The van der Waals surface area contributed by atoms with Crippen molar-refractivity contribution in [3.8, 4) is 0 Å². The maximum atomic E-state index is 14.8. The van der Waals surface area contributed by atoms with E-state index in [1.165, 1.54) is 23.4 Å². The van der Waals surface area contributed by atoms with E-state index in [9.17, 15) is 13.9 Å². The molecule has 0 aliphatic carbocycles. The van der Waals surface area contributed by atoms with Crippen molar-refractivity contribution < 1.29 is 13.9 Å². The van der Waals surface area contributed by atoms with Crippen LogP contribution in [-0.2, 0) is 12.1 Å². The van der Waals surface area contributed by atoms with Crippen LogP contribution in [0.25, 0.3) is 10.9 Å². The van der Waals surface area contributed by atoms with Crippen LogP contribution < -0.4 is 5.32 Å². The van der Waals surface area contributed by atoms with Gasteiger partial charge in [0, 0.05) is 29.2 Å². The summed E-state index contributed by atoms with van der Waals surface area (Å²) in [6.45, 7) is 6.77. The number of benzene rings is 2. The van der Waals surface area contributed by atoms with Crippen molar-refractivity contribution in [2.24, 2.45) is 5.92 Å². The first-order valence-electron chi connectivity index (χ1n) is 10.5. The molecule has 9 heteroatoms. The zero-order valence-electron chi connectivity index (χ0n) is 18.2. The van der Waals surface area contributed by atoms with Crippen molar-refractivity contribution in [2.75, 3.05) is 11.9 Å². The molecule has 0 radical (unpaired) electrons. The highest BCUT2D eigenvalue weighted by molar-refractivity contribution is 5.82. The zero-order chi connectivity index (χ0) is 22.9. The van der Waals surface area contributed by atoms with E-state index in [0.717, 1.165) is 35.3 Å². The predicted octanol–water partition coefficient (Wildman–Crippen LogP) is 4.12. The SMILES string of the molecule is CC(C)CNc1ccc2c(cnn2[C@H](C)[C@](O)(Cn2cncn2)c2ccc(F)cc2F)c1.